The summed E-state index contributed by atoms with van der Waals surface area (Å²) < 4.78 is 5.36. The number of nitrogens with zero attached hydrogens (tertiary/aromatic N) is 1. The smallest absolute Gasteiger partial charge is 0.318 e. The van der Waals surface area contributed by atoms with Gasteiger partial charge in [-0.1, -0.05) is 48.5 Å². The summed E-state index contributed by atoms with van der Waals surface area (Å²) in [6.45, 7) is 0.468. The summed E-state index contributed by atoms with van der Waals surface area (Å²) in [6, 6.07) is 15.3. The Bertz CT molecular complexity index is 704. The number of hydrogen-bond donors (Lipinski definition) is 2. The minimum Gasteiger partial charge on any atom is -0.496 e. The van der Waals surface area contributed by atoms with E-state index in [-0.39, 0.29) is 0 Å². The molecule has 0 radical (unpaired) electrons. The molecule has 1 atom stereocenters. The molecule has 6 heteroatoms. The van der Waals surface area contributed by atoms with Gasteiger partial charge in [-0.05, 0) is 18.7 Å². The highest BCUT2D eigenvalue weighted by atomic mass is 16.5. The Morgan fingerprint density at radius 2 is 1.75 bits per heavy atom. The Morgan fingerprint density at radius 3 is 2.38 bits per heavy atom. The zero-order chi connectivity index (χ0) is 17.5. The van der Waals surface area contributed by atoms with Crippen LogP contribution in [0.5, 0.6) is 5.75 Å². The number of urea groups is 1. The SMILES string of the molecule is COc1ccccc1CN(C)C(C(=O)NC(N)=O)c1ccccc1. The topological polar surface area (TPSA) is 84.7 Å². The summed E-state index contributed by atoms with van der Waals surface area (Å²) in [7, 11) is 3.41. The van der Waals surface area contributed by atoms with Crippen LogP contribution in [0, 0.1) is 0 Å². The summed E-state index contributed by atoms with van der Waals surface area (Å²) in [4.78, 5) is 25.4. The van der Waals surface area contributed by atoms with Gasteiger partial charge in [0.2, 0.25) is 5.91 Å². The van der Waals surface area contributed by atoms with Gasteiger partial charge in [-0.25, -0.2) is 4.79 Å². The van der Waals surface area contributed by atoms with Crippen LogP contribution in [-0.2, 0) is 11.3 Å². The van der Waals surface area contributed by atoms with Crippen molar-refractivity contribution in [1.29, 1.82) is 0 Å². The summed E-state index contributed by atoms with van der Waals surface area (Å²) in [5, 5.41) is 2.16. The van der Waals surface area contributed by atoms with Crippen molar-refractivity contribution in [2.24, 2.45) is 5.73 Å². The fourth-order valence-electron chi connectivity index (χ4n) is 2.62. The van der Waals surface area contributed by atoms with Crippen molar-refractivity contribution < 1.29 is 14.3 Å². The van der Waals surface area contributed by atoms with Crippen molar-refractivity contribution in [1.82, 2.24) is 10.2 Å². The van der Waals surface area contributed by atoms with E-state index < -0.39 is 18.0 Å². The Labute approximate surface area is 141 Å². The van der Waals surface area contributed by atoms with Crippen LogP contribution in [0.2, 0.25) is 0 Å². The molecule has 0 spiro atoms. The van der Waals surface area contributed by atoms with Gasteiger partial charge < -0.3 is 10.5 Å². The molecule has 0 aliphatic rings. The zero-order valence-electron chi connectivity index (χ0n) is 13.7. The number of rotatable bonds is 6. The van der Waals surface area contributed by atoms with Crippen molar-refractivity contribution in [3.8, 4) is 5.75 Å². The van der Waals surface area contributed by atoms with Crippen molar-refractivity contribution in [3.63, 3.8) is 0 Å². The number of ether oxygens (including phenoxy) is 1. The van der Waals surface area contributed by atoms with Gasteiger partial charge in [-0.3, -0.25) is 15.0 Å². The first-order chi connectivity index (χ1) is 11.5. The Balaban J connectivity index is 2.29. The molecule has 6 nitrogen and oxygen atoms in total. The number of carbonyl (C=O) groups is 2. The Hall–Kier alpha value is -2.86. The third-order valence-corrected chi connectivity index (χ3v) is 3.66. The second-order valence-electron chi connectivity index (χ2n) is 5.39. The molecular formula is C18H21N3O3. The second-order valence-corrected chi connectivity index (χ2v) is 5.39. The molecule has 3 N–H and O–H groups in total. The normalized spacial score (nSPS) is 11.8. The van der Waals surface area contributed by atoms with Gasteiger partial charge in [0, 0.05) is 12.1 Å². The highest BCUT2D eigenvalue weighted by Crippen LogP contribution is 2.25. The van der Waals surface area contributed by atoms with Gasteiger partial charge in [0.25, 0.3) is 0 Å². The first kappa shape index (κ1) is 17.5. The van der Waals surface area contributed by atoms with E-state index in [0.717, 1.165) is 16.9 Å². The number of primary amides is 1. The molecule has 0 saturated carbocycles. The first-order valence-corrected chi connectivity index (χ1v) is 7.50. The number of carbonyl (C=O) groups excluding carboxylic acids is 2. The first-order valence-electron chi connectivity index (χ1n) is 7.50. The summed E-state index contributed by atoms with van der Waals surface area (Å²) in [6.07, 6.45) is 0. The second kappa shape index (κ2) is 8.12. The maximum atomic E-state index is 12.5. The van der Waals surface area contributed by atoms with Crippen LogP contribution in [0.1, 0.15) is 17.2 Å². The lowest BCUT2D eigenvalue weighted by atomic mass is 10.0. The lowest BCUT2D eigenvalue weighted by molar-refractivity contribution is -0.125. The fraction of sp³-hybridized carbons (Fsp3) is 0.222. The molecule has 2 aromatic rings. The molecule has 2 rings (SSSR count). The van der Waals surface area contributed by atoms with Crippen LogP contribution in [0.15, 0.2) is 54.6 Å². The highest BCUT2D eigenvalue weighted by Gasteiger charge is 2.26. The predicted molar refractivity (Wildman–Crippen MR) is 91.4 cm³/mol. The minimum atomic E-state index is -0.869. The predicted octanol–water partition coefficient (Wildman–Crippen LogP) is 2.06. The standard InChI is InChI=1S/C18H21N3O3/c1-21(12-14-10-6-7-11-15(14)24-2)16(17(22)20-18(19)23)13-8-4-3-5-9-13/h3-11,16H,12H2,1-2H3,(H3,19,20,22,23). The molecule has 0 aliphatic carbocycles. The molecule has 0 saturated heterocycles. The lowest BCUT2D eigenvalue weighted by Crippen LogP contribution is -2.43. The molecule has 0 bridgehead atoms. The van der Waals surface area contributed by atoms with E-state index in [0.29, 0.717) is 6.54 Å². The maximum absolute atomic E-state index is 12.5. The summed E-state index contributed by atoms with van der Waals surface area (Å²) in [5.41, 5.74) is 6.81. The van der Waals surface area contributed by atoms with E-state index in [4.69, 9.17) is 10.5 Å². The summed E-state index contributed by atoms with van der Waals surface area (Å²) in [5.74, 6) is 0.276. The highest BCUT2D eigenvalue weighted by molar-refractivity contribution is 5.96. The number of para-hydroxylation sites is 1. The van der Waals surface area contributed by atoms with E-state index in [1.165, 1.54) is 0 Å². The number of benzene rings is 2. The molecule has 0 aliphatic heterocycles. The molecule has 0 aromatic heterocycles. The van der Waals surface area contributed by atoms with E-state index >= 15 is 0 Å². The maximum Gasteiger partial charge on any atom is 0.318 e. The number of methoxy groups -OCH3 is 1. The average Bonchev–Trinajstić information content (AvgIpc) is 2.55. The van der Waals surface area contributed by atoms with Crippen LogP contribution < -0.4 is 15.8 Å². The van der Waals surface area contributed by atoms with E-state index in [2.05, 4.69) is 5.32 Å². The zero-order valence-corrected chi connectivity index (χ0v) is 13.7. The lowest BCUT2D eigenvalue weighted by Gasteiger charge is -2.27. The number of nitrogens with two attached hydrogens (primary N) is 1. The number of imide groups is 1. The molecule has 24 heavy (non-hydrogen) atoms. The van der Waals surface area contributed by atoms with E-state index in [1.807, 2.05) is 66.5 Å². The van der Waals surface area contributed by atoms with Crippen molar-refractivity contribution >= 4 is 11.9 Å². The average molecular weight is 327 g/mol. The van der Waals surface area contributed by atoms with Crippen molar-refractivity contribution in [2.75, 3.05) is 14.2 Å². The molecule has 126 valence electrons. The van der Waals surface area contributed by atoms with Crippen LogP contribution in [0.3, 0.4) is 0 Å². The number of amides is 3. The van der Waals surface area contributed by atoms with E-state index in [9.17, 15) is 9.59 Å². The van der Waals surface area contributed by atoms with Gasteiger partial charge in [0.15, 0.2) is 0 Å². The molecular weight excluding hydrogens is 306 g/mol. The van der Waals surface area contributed by atoms with Crippen LogP contribution in [0.25, 0.3) is 0 Å². The molecule has 2 aromatic carbocycles. The molecule has 3 amide bonds. The summed E-state index contributed by atoms with van der Waals surface area (Å²) >= 11 is 0. The monoisotopic (exact) mass is 327 g/mol. The third-order valence-electron chi connectivity index (χ3n) is 3.66. The van der Waals surface area contributed by atoms with Gasteiger partial charge in [0.1, 0.15) is 11.8 Å². The van der Waals surface area contributed by atoms with Crippen molar-refractivity contribution in [3.05, 3.63) is 65.7 Å². The fourth-order valence-corrected chi connectivity index (χ4v) is 2.62. The Morgan fingerprint density at radius 1 is 1.12 bits per heavy atom. The quantitative estimate of drug-likeness (QED) is 0.850. The van der Waals surface area contributed by atoms with Crippen LogP contribution >= 0.6 is 0 Å². The molecule has 0 heterocycles. The van der Waals surface area contributed by atoms with E-state index in [1.54, 1.807) is 7.11 Å². The minimum absolute atomic E-state index is 0.467. The number of likely N-dealkylation sites (N-methyl/N-ethyl adjacent to an activating group) is 1. The van der Waals surface area contributed by atoms with Gasteiger partial charge >= 0.3 is 6.03 Å². The van der Waals surface area contributed by atoms with Gasteiger partial charge in [0.05, 0.1) is 7.11 Å². The van der Waals surface area contributed by atoms with Gasteiger partial charge in [-0.2, -0.15) is 0 Å². The number of hydrogen-bond acceptors (Lipinski definition) is 4. The van der Waals surface area contributed by atoms with Gasteiger partial charge in [-0.15, -0.1) is 0 Å². The third kappa shape index (κ3) is 4.33. The molecule has 0 fully saturated rings. The van der Waals surface area contributed by atoms with Crippen molar-refractivity contribution in [2.45, 2.75) is 12.6 Å². The Kier molecular flexibility index (Phi) is 5.92. The largest absolute Gasteiger partial charge is 0.496 e. The number of nitrogens with one attached hydrogen (secondary N) is 1. The molecule has 1 unspecified atom stereocenters. The van der Waals surface area contributed by atoms with Crippen LogP contribution in [-0.4, -0.2) is 31.0 Å². The van der Waals surface area contributed by atoms with Crippen LogP contribution in [0.4, 0.5) is 4.79 Å².